The fraction of sp³-hybridized carbons (Fsp3) is 0.357. The average Bonchev–Trinajstić information content (AvgIpc) is 3.17. The van der Waals surface area contributed by atoms with Gasteiger partial charge in [0.05, 0.1) is 9.36 Å². The lowest BCUT2D eigenvalue weighted by Crippen LogP contribution is -2.27. The molecule has 1 aliphatic heterocycles. The highest BCUT2D eigenvalue weighted by Crippen LogP contribution is 2.29. The topological polar surface area (TPSA) is 50.3 Å². The summed E-state index contributed by atoms with van der Waals surface area (Å²) in [5, 5.41) is 0.810. The van der Waals surface area contributed by atoms with Gasteiger partial charge in [-0.25, -0.2) is 13.4 Å². The maximum Gasteiger partial charge on any atom is 0.244 e. The highest BCUT2D eigenvalue weighted by atomic mass is 35.5. The van der Waals surface area contributed by atoms with Crippen molar-refractivity contribution in [3.8, 4) is 0 Å². The van der Waals surface area contributed by atoms with Gasteiger partial charge in [0.15, 0.2) is 0 Å². The van der Waals surface area contributed by atoms with Crippen LogP contribution < -0.4 is 0 Å². The molecule has 3 rings (SSSR count). The maximum absolute atomic E-state index is 12.4. The summed E-state index contributed by atoms with van der Waals surface area (Å²) in [5.41, 5.74) is 0. The van der Waals surface area contributed by atoms with Crippen LogP contribution in [-0.4, -0.2) is 30.8 Å². The van der Waals surface area contributed by atoms with Crippen molar-refractivity contribution < 1.29 is 8.42 Å². The number of halogens is 1. The Labute approximate surface area is 143 Å². The summed E-state index contributed by atoms with van der Waals surface area (Å²) in [6.07, 6.45) is 3.32. The minimum absolute atomic E-state index is 0.276. The Morgan fingerprint density at radius 3 is 2.59 bits per heavy atom. The first kappa shape index (κ1) is 16.3. The number of hydrogen-bond donors (Lipinski definition) is 0. The van der Waals surface area contributed by atoms with Gasteiger partial charge in [-0.2, -0.15) is 4.31 Å². The molecule has 22 heavy (non-hydrogen) atoms. The molecule has 8 heteroatoms. The monoisotopic (exact) mass is 374 g/mol. The molecule has 0 atom stereocenters. The number of pyridine rings is 1. The van der Waals surface area contributed by atoms with Crippen molar-refractivity contribution in [1.29, 1.82) is 0 Å². The molecular weight excluding hydrogens is 360 g/mol. The average molecular weight is 375 g/mol. The zero-order chi connectivity index (χ0) is 15.6. The van der Waals surface area contributed by atoms with E-state index in [0.717, 1.165) is 28.0 Å². The number of thioether (sulfide) groups is 1. The predicted molar refractivity (Wildman–Crippen MR) is 91.1 cm³/mol. The number of hydrogen-bond acceptors (Lipinski definition) is 5. The molecule has 1 aliphatic rings. The van der Waals surface area contributed by atoms with Gasteiger partial charge in [0.25, 0.3) is 0 Å². The highest BCUT2D eigenvalue weighted by molar-refractivity contribution is 7.98. The van der Waals surface area contributed by atoms with E-state index in [1.807, 2.05) is 12.1 Å². The number of rotatable bonds is 5. The second-order valence-corrected chi connectivity index (χ2v) is 9.67. The number of sulfonamides is 1. The van der Waals surface area contributed by atoms with Gasteiger partial charge in [-0.15, -0.1) is 23.1 Å². The normalized spacial score (nSPS) is 16.2. The van der Waals surface area contributed by atoms with Crippen LogP contribution in [-0.2, 0) is 15.8 Å². The van der Waals surface area contributed by atoms with Gasteiger partial charge in [0.1, 0.15) is 4.90 Å². The van der Waals surface area contributed by atoms with Crippen LogP contribution in [0.4, 0.5) is 0 Å². The van der Waals surface area contributed by atoms with Crippen molar-refractivity contribution in [3.05, 3.63) is 39.7 Å². The SMILES string of the molecule is O=S(=O)(c1ccc(SCc2ccc(Cl)s2)nc1)N1CCCC1. The van der Waals surface area contributed by atoms with E-state index in [4.69, 9.17) is 11.6 Å². The lowest BCUT2D eigenvalue weighted by molar-refractivity contribution is 0.477. The molecule has 1 fully saturated rings. The Morgan fingerprint density at radius 2 is 2.00 bits per heavy atom. The van der Waals surface area contributed by atoms with Gasteiger partial charge >= 0.3 is 0 Å². The summed E-state index contributed by atoms with van der Waals surface area (Å²) in [7, 11) is -3.37. The Balaban J connectivity index is 1.67. The van der Waals surface area contributed by atoms with Crippen LogP contribution in [0.3, 0.4) is 0 Å². The van der Waals surface area contributed by atoms with Crippen LogP contribution in [0, 0.1) is 0 Å². The molecule has 0 aromatic carbocycles. The maximum atomic E-state index is 12.4. The van der Waals surface area contributed by atoms with Gasteiger partial charge < -0.3 is 0 Å². The van der Waals surface area contributed by atoms with E-state index in [1.54, 1.807) is 35.2 Å². The molecule has 0 bridgehead atoms. The Morgan fingerprint density at radius 1 is 1.23 bits per heavy atom. The molecule has 118 valence electrons. The van der Waals surface area contributed by atoms with E-state index >= 15 is 0 Å². The standard InChI is InChI=1S/C14H15ClN2O2S3/c15-13-5-3-11(21-13)10-20-14-6-4-12(9-16-14)22(18,19)17-7-1-2-8-17/h3-6,9H,1-2,7-8,10H2. The summed E-state index contributed by atoms with van der Waals surface area (Å²) in [5.74, 6) is 0.780. The molecule has 0 saturated carbocycles. The van der Waals surface area contributed by atoms with Gasteiger partial charge in [0, 0.05) is 29.9 Å². The minimum Gasteiger partial charge on any atom is -0.249 e. The van der Waals surface area contributed by atoms with Gasteiger partial charge in [-0.05, 0) is 37.1 Å². The lowest BCUT2D eigenvalue weighted by Gasteiger charge is -2.15. The van der Waals surface area contributed by atoms with E-state index in [2.05, 4.69) is 4.98 Å². The largest absolute Gasteiger partial charge is 0.249 e. The molecule has 0 radical (unpaired) electrons. The van der Waals surface area contributed by atoms with Crippen molar-refractivity contribution in [1.82, 2.24) is 9.29 Å². The van der Waals surface area contributed by atoms with Crippen LogP contribution in [0.25, 0.3) is 0 Å². The molecule has 2 aromatic rings. The second-order valence-electron chi connectivity index (χ2n) is 4.94. The quantitative estimate of drug-likeness (QED) is 0.745. The first-order valence-electron chi connectivity index (χ1n) is 6.89. The molecule has 0 spiro atoms. The third-order valence-corrected chi connectivity index (χ3v) is 7.69. The zero-order valence-corrected chi connectivity index (χ0v) is 14.9. The van der Waals surface area contributed by atoms with Gasteiger partial charge in [-0.3, -0.25) is 0 Å². The summed E-state index contributed by atoms with van der Waals surface area (Å²) >= 11 is 9.01. The fourth-order valence-corrected chi connectivity index (χ4v) is 5.69. The Bertz CT molecular complexity index is 738. The third kappa shape index (κ3) is 3.65. The molecule has 0 amide bonds. The van der Waals surface area contributed by atoms with E-state index in [-0.39, 0.29) is 4.90 Å². The number of aromatic nitrogens is 1. The Kier molecular flexibility index (Phi) is 5.09. The van der Waals surface area contributed by atoms with Crippen molar-refractivity contribution in [2.24, 2.45) is 0 Å². The minimum atomic E-state index is -3.37. The summed E-state index contributed by atoms with van der Waals surface area (Å²) in [6, 6.07) is 7.28. The van der Waals surface area contributed by atoms with E-state index in [1.165, 1.54) is 15.4 Å². The van der Waals surface area contributed by atoms with Crippen LogP contribution in [0.15, 0.2) is 40.4 Å². The van der Waals surface area contributed by atoms with Crippen molar-refractivity contribution in [3.63, 3.8) is 0 Å². The second kappa shape index (κ2) is 6.88. The first-order chi connectivity index (χ1) is 10.6. The molecule has 0 N–H and O–H groups in total. The van der Waals surface area contributed by atoms with Crippen molar-refractivity contribution >= 4 is 44.7 Å². The van der Waals surface area contributed by atoms with E-state index in [0.29, 0.717) is 13.1 Å². The zero-order valence-electron chi connectivity index (χ0n) is 11.7. The number of thiophene rings is 1. The molecule has 0 unspecified atom stereocenters. The molecule has 1 saturated heterocycles. The van der Waals surface area contributed by atoms with Crippen LogP contribution in [0.1, 0.15) is 17.7 Å². The molecule has 3 heterocycles. The lowest BCUT2D eigenvalue weighted by atomic mass is 10.4. The van der Waals surface area contributed by atoms with Crippen molar-refractivity contribution in [2.75, 3.05) is 13.1 Å². The van der Waals surface area contributed by atoms with Gasteiger partial charge in [0.2, 0.25) is 10.0 Å². The van der Waals surface area contributed by atoms with Crippen molar-refractivity contribution in [2.45, 2.75) is 28.5 Å². The first-order valence-corrected chi connectivity index (χ1v) is 10.5. The van der Waals surface area contributed by atoms with Crippen LogP contribution in [0.5, 0.6) is 0 Å². The molecular formula is C14H15ClN2O2S3. The van der Waals surface area contributed by atoms with Crippen LogP contribution >= 0.6 is 34.7 Å². The predicted octanol–water partition coefficient (Wildman–Crippen LogP) is 3.87. The molecule has 0 aliphatic carbocycles. The molecule has 2 aromatic heterocycles. The summed E-state index contributed by atoms with van der Waals surface area (Å²) in [4.78, 5) is 5.71. The number of nitrogens with zero attached hydrogens (tertiary/aromatic N) is 2. The van der Waals surface area contributed by atoms with E-state index in [9.17, 15) is 8.42 Å². The highest BCUT2D eigenvalue weighted by Gasteiger charge is 2.27. The molecule has 4 nitrogen and oxygen atoms in total. The summed E-state index contributed by atoms with van der Waals surface area (Å²) < 4.78 is 27.1. The third-order valence-electron chi connectivity index (χ3n) is 3.40. The fourth-order valence-electron chi connectivity index (χ4n) is 2.26. The van der Waals surface area contributed by atoms with Crippen LogP contribution in [0.2, 0.25) is 4.34 Å². The Hall–Kier alpha value is -0.600. The summed E-state index contributed by atoms with van der Waals surface area (Å²) in [6.45, 7) is 1.22. The van der Waals surface area contributed by atoms with E-state index < -0.39 is 10.0 Å². The smallest absolute Gasteiger partial charge is 0.244 e. The van der Waals surface area contributed by atoms with Gasteiger partial charge in [-0.1, -0.05) is 11.6 Å².